The van der Waals surface area contributed by atoms with Gasteiger partial charge in [-0.3, -0.25) is 0 Å². The highest BCUT2D eigenvalue weighted by Gasteiger charge is 2.17. The molecule has 0 amide bonds. The summed E-state index contributed by atoms with van der Waals surface area (Å²) in [5, 5.41) is 15.1. The van der Waals surface area contributed by atoms with E-state index in [4.69, 9.17) is 11.6 Å². The molecule has 2 aromatic heterocycles. The average Bonchev–Trinajstić information content (AvgIpc) is 3.06. The zero-order valence-electron chi connectivity index (χ0n) is 13.6. The Morgan fingerprint density at radius 2 is 1.81 bits per heavy atom. The van der Waals surface area contributed by atoms with E-state index in [1.807, 2.05) is 54.6 Å². The standard InChI is InChI=1S/C20H14ClN3O2/c21-15-8-6-13(7-9-15)12-24-19-17(11-22-24)16(20(25)26)10-18(23-19)14-4-2-1-3-5-14/h1-11H,12H2,(H,25,26). The number of carboxylic acid groups (broad SMARTS) is 1. The minimum atomic E-state index is -0.999. The molecule has 0 bridgehead atoms. The number of aromatic nitrogens is 3. The van der Waals surface area contributed by atoms with Crippen molar-refractivity contribution in [1.29, 1.82) is 0 Å². The largest absolute Gasteiger partial charge is 0.478 e. The van der Waals surface area contributed by atoms with Crippen molar-refractivity contribution in [1.82, 2.24) is 14.8 Å². The second-order valence-electron chi connectivity index (χ2n) is 5.89. The lowest BCUT2D eigenvalue weighted by atomic mass is 10.1. The van der Waals surface area contributed by atoms with Crippen LogP contribution in [-0.2, 0) is 6.54 Å². The Labute approximate surface area is 154 Å². The first-order chi connectivity index (χ1) is 12.6. The fourth-order valence-corrected chi connectivity index (χ4v) is 2.99. The summed E-state index contributed by atoms with van der Waals surface area (Å²) in [7, 11) is 0. The van der Waals surface area contributed by atoms with E-state index in [0.29, 0.717) is 28.3 Å². The number of pyridine rings is 1. The third-order valence-electron chi connectivity index (χ3n) is 4.15. The maximum absolute atomic E-state index is 11.7. The van der Waals surface area contributed by atoms with Crippen molar-refractivity contribution >= 4 is 28.6 Å². The number of aromatic carboxylic acids is 1. The van der Waals surface area contributed by atoms with Crippen LogP contribution in [0.5, 0.6) is 0 Å². The summed E-state index contributed by atoms with van der Waals surface area (Å²) >= 11 is 5.93. The van der Waals surface area contributed by atoms with Crippen LogP contribution in [0.15, 0.2) is 66.9 Å². The van der Waals surface area contributed by atoms with Crippen LogP contribution in [0.25, 0.3) is 22.3 Å². The van der Waals surface area contributed by atoms with E-state index in [0.717, 1.165) is 11.1 Å². The molecule has 0 saturated carbocycles. The molecule has 6 heteroatoms. The number of fused-ring (bicyclic) bond motifs is 1. The van der Waals surface area contributed by atoms with Crippen LogP contribution in [0.3, 0.4) is 0 Å². The molecule has 0 fully saturated rings. The predicted molar refractivity (Wildman–Crippen MR) is 100 cm³/mol. The fraction of sp³-hybridized carbons (Fsp3) is 0.0500. The lowest BCUT2D eigenvalue weighted by Crippen LogP contribution is -2.05. The third-order valence-corrected chi connectivity index (χ3v) is 4.41. The van der Waals surface area contributed by atoms with E-state index in [-0.39, 0.29) is 5.56 Å². The van der Waals surface area contributed by atoms with Gasteiger partial charge in [0, 0.05) is 10.6 Å². The van der Waals surface area contributed by atoms with Gasteiger partial charge in [0.1, 0.15) is 0 Å². The van der Waals surface area contributed by atoms with E-state index in [1.165, 1.54) is 0 Å². The Morgan fingerprint density at radius 3 is 2.50 bits per heavy atom. The number of benzene rings is 2. The Bertz CT molecular complexity index is 1090. The molecule has 0 unspecified atom stereocenters. The fourth-order valence-electron chi connectivity index (χ4n) is 2.86. The molecular formula is C20H14ClN3O2. The summed E-state index contributed by atoms with van der Waals surface area (Å²) in [4.78, 5) is 16.4. The van der Waals surface area contributed by atoms with Crippen molar-refractivity contribution in [2.45, 2.75) is 6.54 Å². The highest BCUT2D eigenvalue weighted by Crippen LogP contribution is 2.25. The topological polar surface area (TPSA) is 68.0 Å². The second kappa shape index (κ2) is 6.61. The molecule has 128 valence electrons. The summed E-state index contributed by atoms with van der Waals surface area (Å²) in [5.41, 5.74) is 3.20. The molecule has 0 aliphatic heterocycles. The minimum absolute atomic E-state index is 0.191. The van der Waals surface area contributed by atoms with E-state index in [9.17, 15) is 9.90 Å². The van der Waals surface area contributed by atoms with Crippen LogP contribution in [0.1, 0.15) is 15.9 Å². The molecule has 4 rings (SSSR count). The molecule has 5 nitrogen and oxygen atoms in total. The second-order valence-corrected chi connectivity index (χ2v) is 6.33. The Balaban J connectivity index is 1.86. The summed E-state index contributed by atoms with van der Waals surface area (Å²) < 4.78 is 1.71. The van der Waals surface area contributed by atoms with Gasteiger partial charge in [0.25, 0.3) is 0 Å². The summed E-state index contributed by atoms with van der Waals surface area (Å²) in [6.07, 6.45) is 1.55. The van der Waals surface area contributed by atoms with E-state index < -0.39 is 5.97 Å². The molecule has 1 N–H and O–H groups in total. The molecule has 4 aromatic rings. The Kier molecular flexibility index (Phi) is 4.14. The molecule has 2 aromatic carbocycles. The molecule has 26 heavy (non-hydrogen) atoms. The summed E-state index contributed by atoms with van der Waals surface area (Å²) in [5.74, 6) is -0.999. The number of nitrogens with zero attached hydrogens (tertiary/aromatic N) is 3. The van der Waals surface area contributed by atoms with E-state index >= 15 is 0 Å². The van der Waals surface area contributed by atoms with Crippen molar-refractivity contribution in [3.63, 3.8) is 0 Å². The number of rotatable bonds is 4. The van der Waals surface area contributed by atoms with Crippen molar-refractivity contribution in [2.24, 2.45) is 0 Å². The van der Waals surface area contributed by atoms with Crippen LogP contribution in [0.4, 0.5) is 0 Å². The van der Waals surface area contributed by atoms with Crippen LogP contribution >= 0.6 is 11.6 Å². The molecular weight excluding hydrogens is 350 g/mol. The first-order valence-corrected chi connectivity index (χ1v) is 8.39. The van der Waals surface area contributed by atoms with Crippen LogP contribution in [0, 0.1) is 0 Å². The van der Waals surface area contributed by atoms with E-state index in [2.05, 4.69) is 10.1 Å². The number of hydrogen-bond donors (Lipinski definition) is 1. The first kappa shape index (κ1) is 16.3. The Morgan fingerprint density at radius 1 is 1.08 bits per heavy atom. The van der Waals surface area contributed by atoms with Gasteiger partial charge in [-0.2, -0.15) is 5.10 Å². The van der Waals surface area contributed by atoms with Gasteiger partial charge >= 0.3 is 5.97 Å². The van der Waals surface area contributed by atoms with Crippen molar-refractivity contribution in [2.75, 3.05) is 0 Å². The van der Waals surface area contributed by atoms with E-state index in [1.54, 1.807) is 16.9 Å². The average molecular weight is 364 g/mol. The number of hydrogen-bond acceptors (Lipinski definition) is 3. The zero-order valence-corrected chi connectivity index (χ0v) is 14.4. The van der Waals surface area contributed by atoms with Crippen LogP contribution < -0.4 is 0 Å². The molecule has 0 atom stereocenters. The molecule has 2 heterocycles. The van der Waals surface area contributed by atoms with Gasteiger partial charge in [-0.05, 0) is 23.8 Å². The van der Waals surface area contributed by atoms with Crippen molar-refractivity contribution < 1.29 is 9.90 Å². The monoisotopic (exact) mass is 363 g/mol. The van der Waals surface area contributed by atoms with Crippen LogP contribution in [-0.4, -0.2) is 25.8 Å². The molecule has 0 saturated heterocycles. The van der Waals surface area contributed by atoms with Crippen molar-refractivity contribution in [3.8, 4) is 11.3 Å². The lowest BCUT2D eigenvalue weighted by Gasteiger charge is -2.07. The van der Waals surface area contributed by atoms with Gasteiger partial charge in [0.2, 0.25) is 0 Å². The number of carbonyl (C=O) groups is 1. The highest BCUT2D eigenvalue weighted by molar-refractivity contribution is 6.30. The number of carboxylic acids is 1. The predicted octanol–water partition coefficient (Wildman–Crippen LogP) is 4.50. The van der Waals surface area contributed by atoms with Gasteiger partial charge in [-0.25, -0.2) is 14.5 Å². The maximum Gasteiger partial charge on any atom is 0.336 e. The van der Waals surface area contributed by atoms with Gasteiger partial charge in [0.05, 0.1) is 29.4 Å². The molecule has 0 spiro atoms. The van der Waals surface area contributed by atoms with Crippen LogP contribution in [0.2, 0.25) is 5.02 Å². The minimum Gasteiger partial charge on any atom is -0.478 e. The number of halogens is 1. The summed E-state index contributed by atoms with van der Waals surface area (Å²) in [6.45, 7) is 0.477. The Hall–Kier alpha value is -3.18. The lowest BCUT2D eigenvalue weighted by molar-refractivity contribution is 0.0699. The van der Waals surface area contributed by atoms with Gasteiger partial charge in [-0.1, -0.05) is 54.1 Å². The quantitative estimate of drug-likeness (QED) is 0.579. The molecule has 0 aliphatic rings. The summed E-state index contributed by atoms with van der Waals surface area (Å²) in [6, 6.07) is 18.5. The van der Waals surface area contributed by atoms with Gasteiger partial charge < -0.3 is 5.11 Å². The maximum atomic E-state index is 11.7. The molecule has 0 radical (unpaired) electrons. The smallest absolute Gasteiger partial charge is 0.336 e. The molecule has 0 aliphatic carbocycles. The van der Waals surface area contributed by atoms with Gasteiger partial charge in [0.15, 0.2) is 5.65 Å². The normalized spacial score (nSPS) is 11.0. The highest BCUT2D eigenvalue weighted by atomic mass is 35.5. The first-order valence-electron chi connectivity index (χ1n) is 8.01. The van der Waals surface area contributed by atoms with Crippen molar-refractivity contribution in [3.05, 3.63) is 83.0 Å². The third kappa shape index (κ3) is 3.05. The van der Waals surface area contributed by atoms with Gasteiger partial charge in [-0.15, -0.1) is 0 Å². The SMILES string of the molecule is O=C(O)c1cc(-c2ccccc2)nc2c1cnn2Cc1ccc(Cl)cc1. The zero-order chi connectivity index (χ0) is 18.1.